The van der Waals surface area contributed by atoms with Gasteiger partial charge in [0.05, 0.1) is 6.61 Å². The zero-order chi connectivity index (χ0) is 13.1. The zero-order valence-electron chi connectivity index (χ0n) is 10.3. The van der Waals surface area contributed by atoms with Crippen molar-refractivity contribution in [3.63, 3.8) is 0 Å². The van der Waals surface area contributed by atoms with Crippen LogP contribution in [0.4, 0.5) is 0 Å². The van der Waals surface area contributed by atoms with E-state index < -0.39 is 0 Å². The number of carbonyl (C=O) groups is 1. The molecule has 0 saturated heterocycles. The number of rotatable bonds is 3. The average molecular weight is 264 g/mol. The van der Waals surface area contributed by atoms with Gasteiger partial charge in [0.1, 0.15) is 0 Å². The molecule has 2 aromatic rings. The predicted molar refractivity (Wildman–Crippen MR) is 73.7 cm³/mol. The highest BCUT2D eigenvalue weighted by molar-refractivity contribution is 6.31. The minimum Gasteiger partial charge on any atom is -0.463 e. The first-order chi connectivity index (χ1) is 8.61. The lowest BCUT2D eigenvalue weighted by atomic mass is 10.1. The highest BCUT2D eigenvalue weighted by Gasteiger charge is 2.06. The minimum absolute atomic E-state index is 0.333. The van der Waals surface area contributed by atoms with Gasteiger partial charge in [0.25, 0.3) is 0 Å². The van der Waals surface area contributed by atoms with E-state index in [1.54, 1.807) is 13.0 Å². The van der Waals surface area contributed by atoms with Crippen LogP contribution >= 0.6 is 11.6 Å². The normalized spacial score (nSPS) is 11.3. The van der Waals surface area contributed by atoms with Gasteiger partial charge >= 0.3 is 5.97 Å². The fraction of sp³-hybridized carbons (Fsp3) is 0.214. The van der Waals surface area contributed by atoms with Gasteiger partial charge in [-0.25, -0.2) is 4.79 Å². The Bertz CT molecular complexity index is 614. The summed E-state index contributed by atoms with van der Waals surface area (Å²) >= 11 is 5.94. The van der Waals surface area contributed by atoms with Crippen molar-refractivity contribution in [1.82, 2.24) is 4.98 Å². The Morgan fingerprint density at radius 2 is 2.28 bits per heavy atom. The molecule has 94 valence electrons. The Balaban J connectivity index is 2.39. The molecule has 4 heteroatoms. The van der Waals surface area contributed by atoms with Crippen molar-refractivity contribution in [2.75, 3.05) is 6.61 Å². The Morgan fingerprint density at radius 3 is 3.00 bits per heavy atom. The molecule has 0 radical (unpaired) electrons. The third kappa shape index (κ3) is 2.57. The number of benzene rings is 1. The van der Waals surface area contributed by atoms with Crippen LogP contribution in [-0.2, 0) is 9.53 Å². The van der Waals surface area contributed by atoms with Crippen LogP contribution in [0.5, 0.6) is 0 Å². The van der Waals surface area contributed by atoms with Crippen molar-refractivity contribution < 1.29 is 9.53 Å². The van der Waals surface area contributed by atoms with Gasteiger partial charge in [-0.3, -0.25) is 0 Å². The lowest BCUT2D eigenvalue weighted by Crippen LogP contribution is -1.98. The molecule has 0 saturated carbocycles. The molecule has 2 rings (SSSR count). The number of hydrogen-bond donors (Lipinski definition) is 1. The first kappa shape index (κ1) is 12.7. The highest BCUT2D eigenvalue weighted by Crippen LogP contribution is 2.25. The van der Waals surface area contributed by atoms with Gasteiger partial charge in [-0.1, -0.05) is 17.7 Å². The molecule has 0 spiro atoms. The summed E-state index contributed by atoms with van der Waals surface area (Å²) in [5, 5.41) is 1.72. The SMILES string of the molecule is CCOC(=O)C=Cc1c(C)[nH]c2cc(Cl)ccc12. The van der Waals surface area contributed by atoms with Crippen LogP contribution in [0.25, 0.3) is 17.0 Å². The lowest BCUT2D eigenvalue weighted by Gasteiger charge is -1.96. The third-order valence-corrected chi connectivity index (χ3v) is 2.91. The maximum Gasteiger partial charge on any atom is 0.330 e. The van der Waals surface area contributed by atoms with Gasteiger partial charge in [0, 0.05) is 33.3 Å². The van der Waals surface area contributed by atoms with E-state index in [0.29, 0.717) is 11.6 Å². The number of ether oxygens (including phenoxy) is 1. The number of aromatic nitrogens is 1. The highest BCUT2D eigenvalue weighted by atomic mass is 35.5. The smallest absolute Gasteiger partial charge is 0.330 e. The van der Waals surface area contributed by atoms with Crippen molar-refractivity contribution in [1.29, 1.82) is 0 Å². The van der Waals surface area contributed by atoms with Gasteiger partial charge in [0.2, 0.25) is 0 Å². The summed E-state index contributed by atoms with van der Waals surface area (Å²) in [6, 6.07) is 5.64. The Labute approximate surface area is 110 Å². The van der Waals surface area contributed by atoms with Gasteiger partial charge in [-0.05, 0) is 32.1 Å². The summed E-state index contributed by atoms with van der Waals surface area (Å²) in [5.74, 6) is -0.333. The fourth-order valence-corrected chi connectivity index (χ4v) is 2.05. The van der Waals surface area contributed by atoms with E-state index in [-0.39, 0.29) is 5.97 Å². The number of esters is 1. The molecule has 0 bridgehead atoms. The molecule has 0 aliphatic rings. The molecule has 0 atom stereocenters. The number of fused-ring (bicyclic) bond motifs is 1. The molecular weight excluding hydrogens is 250 g/mol. The molecule has 0 amide bonds. The Hall–Kier alpha value is -1.74. The molecular formula is C14H14ClNO2. The van der Waals surface area contributed by atoms with Crippen molar-refractivity contribution in [2.45, 2.75) is 13.8 Å². The molecule has 1 aromatic carbocycles. The molecule has 1 N–H and O–H groups in total. The molecule has 0 fully saturated rings. The van der Waals surface area contributed by atoms with Crippen LogP contribution in [0.15, 0.2) is 24.3 Å². The summed E-state index contributed by atoms with van der Waals surface area (Å²) in [7, 11) is 0. The number of nitrogens with one attached hydrogen (secondary N) is 1. The molecule has 0 aliphatic heterocycles. The van der Waals surface area contributed by atoms with E-state index in [9.17, 15) is 4.79 Å². The second-order valence-corrected chi connectivity index (χ2v) is 4.38. The monoisotopic (exact) mass is 263 g/mol. The topological polar surface area (TPSA) is 42.1 Å². The number of halogens is 1. The lowest BCUT2D eigenvalue weighted by molar-refractivity contribution is -0.137. The number of aryl methyl sites for hydroxylation is 1. The second kappa shape index (κ2) is 5.27. The van der Waals surface area contributed by atoms with E-state index >= 15 is 0 Å². The molecule has 3 nitrogen and oxygen atoms in total. The summed E-state index contributed by atoms with van der Waals surface area (Å²) in [6.45, 7) is 4.12. The maximum atomic E-state index is 11.3. The summed E-state index contributed by atoms with van der Waals surface area (Å²) < 4.78 is 4.85. The molecule has 1 heterocycles. The first-order valence-electron chi connectivity index (χ1n) is 5.74. The third-order valence-electron chi connectivity index (χ3n) is 2.67. The van der Waals surface area contributed by atoms with E-state index in [2.05, 4.69) is 4.98 Å². The van der Waals surface area contributed by atoms with Gasteiger partial charge in [-0.2, -0.15) is 0 Å². The standard InChI is InChI=1S/C14H14ClNO2/c1-3-18-14(17)7-6-11-9(2)16-13-8-10(15)4-5-12(11)13/h4-8,16H,3H2,1-2H3. The van der Waals surface area contributed by atoms with Crippen molar-refractivity contribution in [3.8, 4) is 0 Å². The van der Waals surface area contributed by atoms with Gasteiger partial charge in [-0.15, -0.1) is 0 Å². The second-order valence-electron chi connectivity index (χ2n) is 3.94. The Kier molecular flexibility index (Phi) is 3.72. The van der Waals surface area contributed by atoms with Crippen LogP contribution in [0, 0.1) is 6.92 Å². The predicted octanol–water partition coefficient (Wildman–Crippen LogP) is 3.71. The molecule has 0 unspecified atom stereocenters. The van der Waals surface area contributed by atoms with E-state index in [1.165, 1.54) is 6.08 Å². The largest absolute Gasteiger partial charge is 0.463 e. The van der Waals surface area contributed by atoms with Gasteiger partial charge < -0.3 is 9.72 Å². The molecule has 0 aliphatic carbocycles. The van der Waals surface area contributed by atoms with Crippen LogP contribution in [0.3, 0.4) is 0 Å². The summed E-state index contributed by atoms with van der Waals surface area (Å²) in [4.78, 5) is 14.5. The quantitative estimate of drug-likeness (QED) is 0.678. The summed E-state index contributed by atoms with van der Waals surface area (Å²) in [6.07, 6.45) is 3.20. The summed E-state index contributed by atoms with van der Waals surface area (Å²) in [5.41, 5.74) is 2.94. The van der Waals surface area contributed by atoms with Crippen LogP contribution < -0.4 is 0 Å². The fourth-order valence-electron chi connectivity index (χ4n) is 1.88. The molecule has 1 aromatic heterocycles. The van der Waals surface area contributed by atoms with Crippen molar-refractivity contribution in [2.24, 2.45) is 0 Å². The Morgan fingerprint density at radius 1 is 1.50 bits per heavy atom. The number of hydrogen-bond acceptors (Lipinski definition) is 2. The first-order valence-corrected chi connectivity index (χ1v) is 6.12. The average Bonchev–Trinajstić information content (AvgIpc) is 2.61. The van der Waals surface area contributed by atoms with E-state index in [4.69, 9.17) is 16.3 Å². The van der Waals surface area contributed by atoms with Crippen LogP contribution in [0.2, 0.25) is 5.02 Å². The van der Waals surface area contributed by atoms with Crippen molar-refractivity contribution >= 4 is 34.5 Å². The minimum atomic E-state index is -0.333. The van der Waals surface area contributed by atoms with Crippen molar-refractivity contribution in [3.05, 3.63) is 40.6 Å². The maximum absolute atomic E-state index is 11.3. The number of carbonyl (C=O) groups excluding carboxylic acids is 1. The van der Waals surface area contributed by atoms with E-state index in [0.717, 1.165) is 22.2 Å². The van der Waals surface area contributed by atoms with Crippen LogP contribution in [0.1, 0.15) is 18.2 Å². The van der Waals surface area contributed by atoms with Gasteiger partial charge in [0.15, 0.2) is 0 Å². The van der Waals surface area contributed by atoms with Crippen LogP contribution in [-0.4, -0.2) is 17.6 Å². The molecule has 18 heavy (non-hydrogen) atoms. The number of aromatic amines is 1. The van der Waals surface area contributed by atoms with E-state index in [1.807, 2.05) is 25.1 Å². The number of H-pyrrole nitrogens is 1. The zero-order valence-corrected chi connectivity index (χ0v) is 11.0.